The normalized spacial score (nSPS) is 11.1. The Hall–Kier alpha value is -2.91. The van der Waals surface area contributed by atoms with Crippen molar-refractivity contribution in [3.05, 3.63) is 65.2 Å². The number of nitrogens with one attached hydrogen (secondary N) is 2. The van der Waals surface area contributed by atoms with Crippen LogP contribution in [0.1, 0.15) is 17.7 Å². The third-order valence-electron chi connectivity index (χ3n) is 4.09. The average molecular weight is 432 g/mol. The lowest BCUT2D eigenvalue weighted by atomic mass is 10.2. The molecule has 1 amide bonds. The molecule has 1 aromatic heterocycles. The number of nitrogens with zero attached hydrogens (tertiary/aromatic N) is 1. The van der Waals surface area contributed by atoms with E-state index in [4.69, 9.17) is 4.74 Å². The molecule has 29 heavy (non-hydrogen) atoms. The molecular weight excluding hydrogens is 410 g/mol. The van der Waals surface area contributed by atoms with Crippen molar-refractivity contribution >= 4 is 38.1 Å². The van der Waals surface area contributed by atoms with Crippen molar-refractivity contribution in [2.45, 2.75) is 24.7 Å². The summed E-state index contributed by atoms with van der Waals surface area (Å²) in [6.45, 7) is 1.89. The molecular formula is C20H21N3O4S2. The van der Waals surface area contributed by atoms with E-state index in [1.54, 1.807) is 48.9 Å². The second-order valence-electron chi connectivity index (χ2n) is 6.31. The third-order valence-corrected chi connectivity index (χ3v) is 6.38. The average Bonchev–Trinajstić information content (AvgIpc) is 3.14. The molecule has 3 rings (SSSR count). The molecule has 3 aromatic rings. The van der Waals surface area contributed by atoms with Crippen molar-refractivity contribution in [1.29, 1.82) is 0 Å². The molecule has 0 bridgehead atoms. The first kappa shape index (κ1) is 20.8. The molecule has 0 saturated carbocycles. The van der Waals surface area contributed by atoms with Crippen LogP contribution in [0.25, 0.3) is 0 Å². The maximum absolute atomic E-state index is 12.4. The molecule has 152 valence electrons. The highest BCUT2D eigenvalue weighted by Crippen LogP contribution is 2.24. The highest BCUT2D eigenvalue weighted by atomic mass is 32.2. The zero-order valence-electron chi connectivity index (χ0n) is 16.0. The van der Waals surface area contributed by atoms with Crippen LogP contribution in [0.15, 0.2) is 58.8 Å². The van der Waals surface area contributed by atoms with Gasteiger partial charge >= 0.3 is 0 Å². The summed E-state index contributed by atoms with van der Waals surface area (Å²) in [5, 5.41) is 4.81. The minimum absolute atomic E-state index is 0.177. The Bertz CT molecular complexity index is 1090. The number of ether oxygens (including phenoxy) is 1. The van der Waals surface area contributed by atoms with Gasteiger partial charge in [-0.05, 0) is 37.6 Å². The Labute approximate surface area is 173 Å². The van der Waals surface area contributed by atoms with E-state index >= 15 is 0 Å². The lowest BCUT2D eigenvalue weighted by molar-refractivity contribution is -0.116. The first-order chi connectivity index (χ1) is 13.9. The van der Waals surface area contributed by atoms with Gasteiger partial charge in [-0.2, -0.15) is 0 Å². The minimum atomic E-state index is -3.69. The van der Waals surface area contributed by atoms with Gasteiger partial charge in [0.1, 0.15) is 5.75 Å². The van der Waals surface area contributed by atoms with Crippen LogP contribution in [0, 0.1) is 6.92 Å². The number of hydrogen-bond acceptors (Lipinski definition) is 6. The first-order valence-electron chi connectivity index (χ1n) is 8.84. The largest absolute Gasteiger partial charge is 0.495 e. The van der Waals surface area contributed by atoms with Crippen LogP contribution in [0.3, 0.4) is 0 Å². The van der Waals surface area contributed by atoms with Gasteiger partial charge in [0.2, 0.25) is 5.91 Å². The SMILES string of the molecule is COc1ccccc1NC(=O)CCc1csc(NS(=O)(=O)c2ccc(C)cc2)n1. The molecule has 0 spiro atoms. The highest BCUT2D eigenvalue weighted by Gasteiger charge is 2.16. The monoisotopic (exact) mass is 431 g/mol. The highest BCUT2D eigenvalue weighted by molar-refractivity contribution is 7.93. The predicted molar refractivity (Wildman–Crippen MR) is 114 cm³/mol. The molecule has 7 nitrogen and oxygen atoms in total. The predicted octanol–water partition coefficient (Wildman–Crippen LogP) is 3.83. The van der Waals surface area contributed by atoms with Crippen LogP contribution in [0.2, 0.25) is 0 Å². The quantitative estimate of drug-likeness (QED) is 0.565. The molecule has 2 aromatic carbocycles. The van der Waals surface area contributed by atoms with Crippen molar-refractivity contribution < 1.29 is 17.9 Å². The lowest BCUT2D eigenvalue weighted by Gasteiger charge is -2.09. The summed E-state index contributed by atoms with van der Waals surface area (Å²) in [7, 11) is -2.15. The van der Waals surface area contributed by atoms with Gasteiger partial charge in [0, 0.05) is 11.8 Å². The Morgan fingerprint density at radius 1 is 1.14 bits per heavy atom. The summed E-state index contributed by atoms with van der Waals surface area (Å²) < 4.78 is 32.6. The van der Waals surface area contributed by atoms with E-state index in [1.807, 2.05) is 19.1 Å². The van der Waals surface area contributed by atoms with Crippen LogP contribution >= 0.6 is 11.3 Å². The second-order valence-corrected chi connectivity index (χ2v) is 8.85. The molecule has 0 aliphatic carbocycles. The maximum atomic E-state index is 12.4. The maximum Gasteiger partial charge on any atom is 0.263 e. The lowest BCUT2D eigenvalue weighted by Crippen LogP contribution is -2.14. The van der Waals surface area contributed by atoms with Crippen molar-refractivity contribution in [2.75, 3.05) is 17.1 Å². The van der Waals surface area contributed by atoms with Gasteiger partial charge in [0.05, 0.1) is 23.4 Å². The van der Waals surface area contributed by atoms with Gasteiger partial charge in [0.15, 0.2) is 5.13 Å². The number of carbonyl (C=O) groups is 1. The molecule has 0 atom stereocenters. The Morgan fingerprint density at radius 3 is 2.59 bits per heavy atom. The molecule has 0 radical (unpaired) electrons. The molecule has 2 N–H and O–H groups in total. The van der Waals surface area contributed by atoms with E-state index in [0.717, 1.165) is 5.56 Å². The summed E-state index contributed by atoms with van der Waals surface area (Å²) in [5.41, 5.74) is 2.23. The molecule has 9 heteroatoms. The zero-order chi connectivity index (χ0) is 20.9. The number of aromatic nitrogens is 1. The van der Waals surface area contributed by atoms with Crippen LogP contribution in [0.4, 0.5) is 10.8 Å². The van der Waals surface area contributed by atoms with Crippen LogP contribution in [0.5, 0.6) is 5.75 Å². The van der Waals surface area contributed by atoms with Crippen LogP contribution < -0.4 is 14.8 Å². The number of rotatable bonds is 8. The van der Waals surface area contributed by atoms with Crippen molar-refractivity contribution in [3.63, 3.8) is 0 Å². The summed E-state index contributed by atoms with van der Waals surface area (Å²) >= 11 is 1.18. The minimum Gasteiger partial charge on any atom is -0.495 e. The Morgan fingerprint density at radius 2 is 1.86 bits per heavy atom. The second kappa shape index (κ2) is 9.06. The van der Waals surface area contributed by atoms with Gasteiger partial charge in [-0.3, -0.25) is 9.52 Å². The standard InChI is InChI=1S/C20H21N3O4S2/c1-14-7-10-16(11-8-14)29(25,26)23-20-21-15(13-28-20)9-12-19(24)22-17-5-3-4-6-18(17)27-2/h3-8,10-11,13H,9,12H2,1-2H3,(H,21,23)(H,22,24). The zero-order valence-corrected chi connectivity index (χ0v) is 17.6. The number of benzene rings is 2. The first-order valence-corrected chi connectivity index (χ1v) is 11.2. The van der Waals surface area contributed by atoms with E-state index in [9.17, 15) is 13.2 Å². The number of carbonyl (C=O) groups excluding carboxylic acids is 1. The fourth-order valence-corrected chi connectivity index (χ4v) is 4.56. The molecule has 1 heterocycles. The Balaban J connectivity index is 1.57. The third kappa shape index (κ3) is 5.55. The summed E-state index contributed by atoms with van der Waals surface area (Å²) in [5.74, 6) is 0.409. The number of amides is 1. The van der Waals surface area contributed by atoms with E-state index in [0.29, 0.717) is 23.6 Å². The Kier molecular flexibility index (Phi) is 6.50. The molecule has 0 aliphatic rings. The summed E-state index contributed by atoms with van der Waals surface area (Å²) in [4.78, 5) is 16.7. The number of anilines is 2. The van der Waals surface area contributed by atoms with E-state index in [-0.39, 0.29) is 22.4 Å². The van der Waals surface area contributed by atoms with Gasteiger partial charge in [-0.25, -0.2) is 13.4 Å². The number of sulfonamides is 1. The molecule has 0 fully saturated rings. The van der Waals surface area contributed by atoms with Crippen LogP contribution in [-0.4, -0.2) is 26.4 Å². The van der Waals surface area contributed by atoms with E-state index in [2.05, 4.69) is 15.0 Å². The summed E-state index contributed by atoms with van der Waals surface area (Å²) in [6, 6.07) is 13.7. The van der Waals surface area contributed by atoms with Crippen molar-refractivity contribution in [1.82, 2.24) is 4.98 Å². The van der Waals surface area contributed by atoms with Gasteiger partial charge in [0.25, 0.3) is 10.0 Å². The summed E-state index contributed by atoms with van der Waals surface area (Å²) in [6.07, 6.45) is 0.607. The fraction of sp³-hybridized carbons (Fsp3) is 0.200. The van der Waals surface area contributed by atoms with Gasteiger partial charge in [-0.15, -0.1) is 11.3 Å². The number of hydrogen-bond donors (Lipinski definition) is 2. The van der Waals surface area contributed by atoms with Gasteiger partial charge < -0.3 is 10.1 Å². The number of thiazole rings is 1. The molecule has 0 unspecified atom stereocenters. The number of aryl methyl sites for hydroxylation is 2. The van der Waals surface area contributed by atoms with E-state index in [1.165, 1.54) is 11.3 Å². The van der Waals surface area contributed by atoms with E-state index < -0.39 is 10.0 Å². The fourth-order valence-electron chi connectivity index (χ4n) is 2.56. The molecule has 0 aliphatic heterocycles. The topological polar surface area (TPSA) is 97.4 Å². The molecule has 0 saturated heterocycles. The van der Waals surface area contributed by atoms with Crippen molar-refractivity contribution in [2.24, 2.45) is 0 Å². The number of methoxy groups -OCH3 is 1. The number of para-hydroxylation sites is 2. The van der Waals surface area contributed by atoms with Crippen molar-refractivity contribution in [3.8, 4) is 5.75 Å². The smallest absolute Gasteiger partial charge is 0.263 e. The van der Waals surface area contributed by atoms with Crippen LogP contribution in [-0.2, 0) is 21.2 Å². The van der Waals surface area contributed by atoms with Gasteiger partial charge in [-0.1, -0.05) is 29.8 Å².